The van der Waals surface area contributed by atoms with Crippen LogP contribution < -0.4 is 10.6 Å². The molecule has 0 amide bonds. The molecule has 0 saturated carbocycles. The van der Waals surface area contributed by atoms with Crippen molar-refractivity contribution >= 4 is 17.3 Å². The Labute approximate surface area is 115 Å². The van der Waals surface area contributed by atoms with Crippen LogP contribution in [0.5, 0.6) is 0 Å². The van der Waals surface area contributed by atoms with Crippen LogP contribution in [0.4, 0.5) is 26.1 Å². The number of hydrogen-bond donors (Lipinski definition) is 2. The maximum absolute atomic E-state index is 13.7. The van der Waals surface area contributed by atoms with Gasteiger partial charge in [0.2, 0.25) is 0 Å². The van der Waals surface area contributed by atoms with Gasteiger partial charge < -0.3 is 10.6 Å². The Morgan fingerprint density at radius 3 is 2.60 bits per heavy atom. The van der Waals surface area contributed by atoms with E-state index in [9.17, 15) is 8.78 Å². The van der Waals surface area contributed by atoms with Crippen LogP contribution in [0.3, 0.4) is 0 Å². The first-order valence-corrected chi connectivity index (χ1v) is 6.01. The van der Waals surface area contributed by atoms with E-state index in [4.69, 9.17) is 5.26 Å². The van der Waals surface area contributed by atoms with Gasteiger partial charge in [0.25, 0.3) is 0 Å². The molecule has 0 radical (unpaired) electrons. The lowest BCUT2D eigenvalue weighted by atomic mass is 10.2. The second-order valence-electron chi connectivity index (χ2n) is 3.96. The zero-order valence-corrected chi connectivity index (χ0v) is 10.7. The number of nitrogens with zero attached hydrogens (tertiary/aromatic N) is 2. The van der Waals surface area contributed by atoms with Gasteiger partial charge in [-0.3, -0.25) is 0 Å². The summed E-state index contributed by atoms with van der Waals surface area (Å²) in [5.74, 6) is -1.75. The van der Waals surface area contributed by atoms with Crippen molar-refractivity contribution in [2.24, 2.45) is 0 Å². The molecule has 102 valence electrons. The monoisotopic (exact) mass is 274 g/mol. The summed E-state index contributed by atoms with van der Waals surface area (Å²) in [4.78, 5) is 3.85. The van der Waals surface area contributed by atoms with E-state index in [0.717, 1.165) is 6.07 Å². The Bertz CT molecular complexity index is 665. The molecule has 0 fully saturated rings. The summed E-state index contributed by atoms with van der Waals surface area (Å²) in [6, 6.07) is 9.35. The van der Waals surface area contributed by atoms with E-state index < -0.39 is 11.6 Å². The molecular weight excluding hydrogens is 262 g/mol. The first-order valence-electron chi connectivity index (χ1n) is 6.01. The lowest BCUT2D eigenvalue weighted by molar-refractivity contribution is 0.579. The van der Waals surface area contributed by atoms with Crippen LogP contribution in [0.15, 0.2) is 30.3 Å². The number of nitrogens with one attached hydrogen (secondary N) is 2. The van der Waals surface area contributed by atoms with E-state index in [0.29, 0.717) is 17.8 Å². The van der Waals surface area contributed by atoms with Crippen molar-refractivity contribution < 1.29 is 8.78 Å². The van der Waals surface area contributed by atoms with Gasteiger partial charge in [0.05, 0.1) is 11.3 Å². The smallest absolute Gasteiger partial charge is 0.169 e. The van der Waals surface area contributed by atoms with Crippen molar-refractivity contribution in [3.8, 4) is 6.07 Å². The molecule has 1 aromatic carbocycles. The standard InChI is InChI=1S/C14H12F2N4/c1-2-18-13-10(15)7-11(16)14(20-13)19-12-6-4-3-5-9(12)8-17/h3-7H,2H2,1H3,(H2,18,19,20). The molecule has 1 aromatic heterocycles. The molecule has 0 bridgehead atoms. The average molecular weight is 274 g/mol. The van der Waals surface area contributed by atoms with Crippen LogP contribution in [0.1, 0.15) is 12.5 Å². The van der Waals surface area contributed by atoms with Crippen molar-refractivity contribution in [1.29, 1.82) is 5.26 Å². The van der Waals surface area contributed by atoms with Crippen LogP contribution in [-0.4, -0.2) is 11.5 Å². The third-order valence-corrected chi connectivity index (χ3v) is 2.57. The van der Waals surface area contributed by atoms with Gasteiger partial charge >= 0.3 is 0 Å². The highest BCUT2D eigenvalue weighted by Crippen LogP contribution is 2.24. The summed E-state index contributed by atoms with van der Waals surface area (Å²) >= 11 is 0. The van der Waals surface area contributed by atoms with Gasteiger partial charge in [0, 0.05) is 12.6 Å². The Morgan fingerprint density at radius 2 is 1.90 bits per heavy atom. The van der Waals surface area contributed by atoms with E-state index in [1.807, 2.05) is 6.07 Å². The molecule has 0 spiro atoms. The molecule has 6 heteroatoms. The molecule has 0 aliphatic heterocycles. The molecule has 0 atom stereocenters. The number of hydrogen-bond acceptors (Lipinski definition) is 4. The SMILES string of the molecule is CCNc1nc(Nc2ccccc2C#N)c(F)cc1F. The number of nitriles is 1. The van der Waals surface area contributed by atoms with Gasteiger partial charge in [-0.2, -0.15) is 5.26 Å². The first-order chi connectivity index (χ1) is 9.65. The number of pyridine rings is 1. The van der Waals surface area contributed by atoms with E-state index in [-0.39, 0.29) is 11.6 Å². The van der Waals surface area contributed by atoms with Crippen LogP contribution in [-0.2, 0) is 0 Å². The quantitative estimate of drug-likeness (QED) is 0.897. The molecular formula is C14H12F2N4. The summed E-state index contributed by atoms with van der Waals surface area (Å²) in [5, 5.41) is 14.4. The normalized spacial score (nSPS) is 9.90. The fourth-order valence-corrected chi connectivity index (χ4v) is 1.66. The predicted molar refractivity (Wildman–Crippen MR) is 72.8 cm³/mol. The lowest BCUT2D eigenvalue weighted by Crippen LogP contribution is -2.06. The van der Waals surface area contributed by atoms with Crippen molar-refractivity contribution in [3.63, 3.8) is 0 Å². The van der Waals surface area contributed by atoms with Crippen molar-refractivity contribution in [3.05, 3.63) is 47.5 Å². The van der Waals surface area contributed by atoms with Crippen LogP contribution >= 0.6 is 0 Å². The average Bonchev–Trinajstić information content (AvgIpc) is 2.45. The molecule has 2 N–H and O–H groups in total. The van der Waals surface area contributed by atoms with Gasteiger partial charge in [0.15, 0.2) is 23.3 Å². The minimum atomic E-state index is -0.822. The van der Waals surface area contributed by atoms with Crippen LogP contribution in [0, 0.1) is 23.0 Å². The molecule has 0 aliphatic carbocycles. The van der Waals surface area contributed by atoms with E-state index in [2.05, 4.69) is 15.6 Å². The van der Waals surface area contributed by atoms with Gasteiger partial charge in [-0.25, -0.2) is 13.8 Å². The van der Waals surface area contributed by atoms with Crippen LogP contribution in [0.25, 0.3) is 0 Å². The van der Waals surface area contributed by atoms with Crippen LogP contribution in [0.2, 0.25) is 0 Å². The zero-order valence-electron chi connectivity index (χ0n) is 10.7. The Kier molecular flexibility index (Phi) is 4.11. The minimum absolute atomic E-state index is 0.0363. The molecule has 0 saturated heterocycles. The third-order valence-electron chi connectivity index (χ3n) is 2.57. The Morgan fingerprint density at radius 1 is 1.20 bits per heavy atom. The van der Waals surface area contributed by atoms with Gasteiger partial charge in [-0.1, -0.05) is 12.1 Å². The zero-order chi connectivity index (χ0) is 14.5. The topological polar surface area (TPSA) is 60.7 Å². The molecule has 0 aliphatic rings. The molecule has 2 rings (SSSR count). The maximum Gasteiger partial charge on any atom is 0.169 e. The molecule has 20 heavy (non-hydrogen) atoms. The minimum Gasteiger partial charge on any atom is -0.368 e. The Hall–Kier alpha value is -2.68. The summed E-state index contributed by atoms with van der Waals surface area (Å²) < 4.78 is 27.2. The summed E-state index contributed by atoms with van der Waals surface area (Å²) in [6.07, 6.45) is 0. The molecule has 4 nitrogen and oxygen atoms in total. The van der Waals surface area contributed by atoms with Crippen molar-refractivity contribution in [2.45, 2.75) is 6.92 Å². The summed E-state index contributed by atoms with van der Waals surface area (Å²) in [5.41, 5.74) is 0.762. The number of benzene rings is 1. The summed E-state index contributed by atoms with van der Waals surface area (Å²) in [6.45, 7) is 2.24. The van der Waals surface area contributed by atoms with Gasteiger partial charge in [0.1, 0.15) is 6.07 Å². The third kappa shape index (κ3) is 2.83. The van der Waals surface area contributed by atoms with Gasteiger partial charge in [-0.05, 0) is 19.1 Å². The second-order valence-corrected chi connectivity index (χ2v) is 3.96. The predicted octanol–water partition coefficient (Wildman–Crippen LogP) is 3.41. The largest absolute Gasteiger partial charge is 0.368 e. The second kappa shape index (κ2) is 5.97. The first kappa shape index (κ1) is 13.7. The highest BCUT2D eigenvalue weighted by Gasteiger charge is 2.12. The number of aromatic nitrogens is 1. The molecule has 0 unspecified atom stereocenters. The number of anilines is 3. The number of rotatable bonds is 4. The van der Waals surface area contributed by atoms with E-state index in [1.54, 1.807) is 31.2 Å². The highest BCUT2D eigenvalue weighted by atomic mass is 19.1. The fraction of sp³-hybridized carbons (Fsp3) is 0.143. The lowest BCUT2D eigenvalue weighted by Gasteiger charge is -2.11. The van der Waals surface area contributed by atoms with E-state index >= 15 is 0 Å². The number of para-hydroxylation sites is 1. The molecule has 1 heterocycles. The van der Waals surface area contributed by atoms with E-state index in [1.165, 1.54) is 0 Å². The maximum atomic E-state index is 13.7. The van der Waals surface area contributed by atoms with Crippen molar-refractivity contribution in [2.75, 3.05) is 17.2 Å². The summed E-state index contributed by atoms with van der Waals surface area (Å²) in [7, 11) is 0. The number of halogens is 2. The highest BCUT2D eigenvalue weighted by molar-refractivity contribution is 5.65. The molecule has 2 aromatic rings. The van der Waals surface area contributed by atoms with Crippen molar-refractivity contribution in [1.82, 2.24) is 4.98 Å². The Balaban J connectivity index is 2.38. The van der Waals surface area contributed by atoms with Gasteiger partial charge in [-0.15, -0.1) is 0 Å². The fourth-order valence-electron chi connectivity index (χ4n) is 1.66.